The van der Waals surface area contributed by atoms with Gasteiger partial charge in [-0.1, -0.05) is 146 Å². The van der Waals surface area contributed by atoms with Gasteiger partial charge in [0.05, 0.1) is 0 Å². The van der Waals surface area contributed by atoms with Crippen molar-refractivity contribution >= 4 is 16.5 Å². The van der Waals surface area contributed by atoms with Gasteiger partial charge < -0.3 is 5.73 Å². The first-order valence-corrected chi connectivity index (χ1v) is 14.0. The van der Waals surface area contributed by atoms with Gasteiger partial charge in [-0.2, -0.15) is 0 Å². The van der Waals surface area contributed by atoms with E-state index in [4.69, 9.17) is 5.73 Å². The maximum atomic E-state index is 6.28. The molecule has 0 saturated carbocycles. The second kappa shape index (κ2) is 10.6. The molecule has 194 valence electrons. The fraction of sp³-hybridized carbons (Fsp3) is 0. The summed E-state index contributed by atoms with van der Waals surface area (Å²) < 4.78 is 0. The number of benzene rings is 7. The first kappa shape index (κ1) is 24.6. The molecule has 0 fully saturated rings. The van der Waals surface area contributed by atoms with Gasteiger partial charge in [-0.3, -0.25) is 0 Å². The molecule has 7 rings (SSSR count). The van der Waals surface area contributed by atoms with Crippen LogP contribution in [0.1, 0.15) is 0 Å². The van der Waals surface area contributed by atoms with Crippen molar-refractivity contribution in [2.75, 3.05) is 5.73 Å². The summed E-state index contributed by atoms with van der Waals surface area (Å²) in [4.78, 5) is 0. The van der Waals surface area contributed by atoms with Crippen molar-refractivity contribution in [1.82, 2.24) is 0 Å². The molecule has 0 aromatic heterocycles. The number of anilines is 1. The predicted octanol–water partition coefficient (Wildman–Crippen LogP) is 10.8. The zero-order valence-corrected chi connectivity index (χ0v) is 22.7. The third-order valence-corrected chi connectivity index (χ3v) is 7.84. The summed E-state index contributed by atoms with van der Waals surface area (Å²) in [6, 6.07) is 58.2. The highest BCUT2D eigenvalue weighted by Crippen LogP contribution is 2.38. The predicted molar refractivity (Wildman–Crippen MR) is 176 cm³/mol. The van der Waals surface area contributed by atoms with Crippen molar-refractivity contribution in [1.29, 1.82) is 0 Å². The van der Waals surface area contributed by atoms with E-state index in [2.05, 4.69) is 152 Å². The van der Waals surface area contributed by atoms with E-state index in [0.717, 1.165) is 16.8 Å². The van der Waals surface area contributed by atoms with E-state index in [1.54, 1.807) is 0 Å². The lowest BCUT2D eigenvalue weighted by molar-refractivity contribution is 1.55. The van der Waals surface area contributed by atoms with Crippen LogP contribution >= 0.6 is 0 Å². The molecule has 0 spiro atoms. The lowest BCUT2D eigenvalue weighted by atomic mass is 9.89. The fourth-order valence-electron chi connectivity index (χ4n) is 5.82. The summed E-state index contributed by atoms with van der Waals surface area (Å²) in [7, 11) is 0. The highest BCUT2D eigenvalue weighted by atomic mass is 14.5. The van der Waals surface area contributed by atoms with Crippen LogP contribution in [0.15, 0.2) is 164 Å². The topological polar surface area (TPSA) is 26.0 Å². The zero-order chi connectivity index (χ0) is 27.6. The number of hydrogen-bond acceptors (Lipinski definition) is 1. The van der Waals surface area contributed by atoms with Gasteiger partial charge >= 0.3 is 0 Å². The van der Waals surface area contributed by atoms with Crippen LogP contribution in [0.25, 0.3) is 66.4 Å². The van der Waals surface area contributed by atoms with Crippen molar-refractivity contribution in [3.63, 3.8) is 0 Å². The van der Waals surface area contributed by atoms with Crippen molar-refractivity contribution in [2.24, 2.45) is 0 Å². The molecule has 7 aromatic carbocycles. The molecule has 0 aliphatic carbocycles. The van der Waals surface area contributed by atoms with Crippen molar-refractivity contribution in [3.05, 3.63) is 164 Å². The van der Waals surface area contributed by atoms with E-state index in [-0.39, 0.29) is 0 Å². The lowest BCUT2D eigenvalue weighted by Crippen LogP contribution is -1.91. The molecule has 0 radical (unpaired) electrons. The molecule has 0 heterocycles. The quantitative estimate of drug-likeness (QED) is 0.223. The minimum absolute atomic E-state index is 0.761. The van der Waals surface area contributed by atoms with Gasteiger partial charge in [-0.05, 0) is 84.6 Å². The summed E-state index contributed by atoms with van der Waals surface area (Å²) in [5.74, 6) is 0. The van der Waals surface area contributed by atoms with Crippen molar-refractivity contribution in [2.45, 2.75) is 0 Å². The van der Waals surface area contributed by atoms with E-state index in [9.17, 15) is 0 Å². The lowest BCUT2D eigenvalue weighted by Gasteiger charge is -2.15. The molecule has 0 unspecified atom stereocenters. The Kier molecular flexibility index (Phi) is 6.39. The van der Waals surface area contributed by atoms with Crippen molar-refractivity contribution in [3.8, 4) is 55.6 Å². The number of nitrogen functional groups attached to an aromatic ring is 1. The van der Waals surface area contributed by atoms with Gasteiger partial charge in [-0.25, -0.2) is 0 Å². The average molecular weight is 524 g/mol. The monoisotopic (exact) mass is 523 g/mol. The Bertz CT molecular complexity index is 1980. The Hall–Kier alpha value is -5.40. The van der Waals surface area contributed by atoms with Crippen LogP contribution in [0.4, 0.5) is 5.69 Å². The zero-order valence-electron chi connectivity index (χ0n) is 22.7. The van der Waals surface area contributed by atoms with E-state index in [0.29, 0.717) is 0 Å². The molecule has 0 amide bonds. The normalized spacial score (nSPS) is 11.0. The Morgan fingerprint density at radius 1 is 0.293 bits per heavy atom. The van der Waals surface area contributed by atoms with E-state index < -0.39 is 0 Å². The Labute approximate surface area is 241 Å². The molecule has 41 heavy (non-hydrogen) atoms. The largest absolute Gasteiger partial charge is 0.399 e. The SMILES string of the molecule is Nc1ccc(-c2ccccc2)c(-c2cccc(-c3ccccc3-c3ccc(-c4cccc5ccccc45)cc3)c2)c1. The highest BCUT2D eigenvalue weighted by molar-refractivity contribution is 5.97. The third kappa shape index (κ3) is 4.79. The third-order valence-electron chi connectivity index (χ3n) is 7.84. The molecule has 0 saturated heterocycles. The van der Waals surface area contributed by atoms with Gasteiger partial charge in [0.15, 0.2) is 0 Å². The van der Waals surface area contributed by atoms with Crippen LogP contribution in [0.3, 0.4) is 0 Å². The summed E-state index contributed by atoms with van der Waals surface area (Å²) in [5, 5.41) is 2.53. The Morgan fingerprint density at radius 3 is 1.56 bits per heavy atom. The second-order valence-corrected chi connectivity index (χ2v) is 10.4. The maximum absolute atomic E-state index is 6.28. The van der Waals surface area contributed by atoms with Gasteiger partial charge in [0.1, 0.15) is 0 Å². The highest BCUT2D eigenvalue weighted by Gasteiger charge is 2.12. The average Bonchev–Trinajstić information content (AvgIpc) is 3.05. The number of nitrogens with two attached hydrogens (primary N) is 1. The molecule has 0 aliphatic rings. The molecule has 1 heteroatoms. The molecule has 1 nitrogen and oxygen atoms in total. The van der Waals surface area contributed by atoms with E-state index in [1.807, 2.05) is 12.1 Å². The maximum Gasteiger partial charge on any atom is 0.0320 e. The van der Waals surface area contributed by atoms with Crippen molar-refractivity contribution < 1.29 is 0 Å². The smallest absolute Gasteiger partial charge is 0.0320 e. The van der Waals surface area contributed by atoms with Crippen LogP contribution in [0.5, 0.6) is 0 Å². The minimum atomic E-state index is 0.761. The Balaban J connectivity index is 1.29. The summed E-state index contributed by atoms with van der Waals surface area (Å²) >= 11 is 0. The molecule has 7 aromatic rings. The number of fused-ring (bicyclic) bond motifs is 1. The first-order valence-electron chi connectivity index (χ1n) is 14.0. The Morgan fingerprint density at radius 2 is 0.780 bits per heavy atom. The standard InChI is InChI=1S/C40H29N/c41-34-24-25-39(28-10-2-1-3-11-28)40(27-34)33-15-8-14-32(26-33)38-18-7-6-17-36(38)30-20-22-31(23-21-30)37-19-9-13-29-12-4-5-16-35(29)37/h1-27H,41H2. The minimum Gasteiger partial charge on any atom is -0.399 e. The first-order chi connectivity index (χ1) is 20.2. The molecule has 0 aliphatic heterocycles. The van der Waals surface area contributed by atoms with Crippen LogP contribution in [-0.2, 0) is 0 Å². The van der Waals surface area contributed by atoms with Crippen LogP contribution in [0, 0.1) is 0 Å². The van der Waals surface area contributed by atoms with Crippen LogP contribution < -0.4 is 5.73 Å². The summed E-state index contributed by atoms with van der Waals surface area (Å²) in [6.45, 7) is 0. The summed E-state index contributed by atoms with van der Waals surface area (Å²) in [5.41, 5.74) is 18.9. The van der Waals surface area contributed by atoms with E-state index >= 15 is 0 Å². The summed E-state index contributed by atoms with van der Waals surface area (Å²) in [6.07, 6.45) is 0. The van der Waals surface area contributed by atoms with Gasteiger partial charge in [-0.15, -0.1) is 0 Å². The van der Waals surface area contributed by atoms with E-state index in [1.165, 1.54) is 55.3 Å². The molecule has 0 atom stereocenters. The van der Waals surface area contributed by atoms with Gasteiger partial charge in [0.25, 0.3) is 0 Å². The molecule has 2 N–H and O–H groups in total. The van der Waals surface area contributed by atoms with Gasteiger partial charge in [0, 0.05) is 5.69 Å². The van der Waals surface area contributed by atoms with Crippen LogP contribution in [0.2, 0.25) is 0 Å². The molecular formula is C40H29N. The van der Waals surface area contributed by atoms with Crippen LogP contribution in [-0.4, -0.2) is 0 Å². The van der Waals surface area contributed by atoms with Gasteiger partial charge in [0.2, 0.25) is 0 Å². The number of rotatable bonds is 5. The fourth-order valence-corrected chi connectivity index (χ4v) is 5.82. The molecule has 0 bridgehead atoms. The second-order valence-electron chi connectivity index (χ2n) is 10.4. The molecular weight excluding hydrogens is 494 g/mol. The number of hydrogen-bond donors (Lipinski definition) is 1.